The fraction of sp³-hybridized carbons (Fsp3) is 0.0952. The molecule has 4 heteroatoms. The van der Waals surface area contributed by atoms with Crippen molar-refractivity contribution in [2.75, 3.05) is 28.4 Å². The van der Waals surface area contributed by atoms with Gasteiger partial charge in [0.2, 0.25) is 0 Å². The Hall–Kier alpha value is -5.74. The van der Waals surface area contributed by atoms with Gasteiger partial charge in [-0.25, -0.2) is 0 Å². The monoisotopic (exact) mass is 604 g/mol. The van der Waals surface area contributed by atoms with E-state index in [0.29, 0.717) is 0 Å². The molecular weight excluding hydrogens is 568 g/mol. The van der Waals surface area contributed by atoms with E-state index in [1.165, 1.54) is 5.39 Å². The molecule has 0 bridgehead atoms. The van der Waals surface area contributed by atoms with Crippen molar-refractivity contribution in [3.8, 4) is 23.0 Å². The Kier molecular flexibility index (Phi) is 9.17. The number of ether oxygens (including phenoxy) is 4. The van der Waals surface area contributed by atoms with Gasteiger partial charge >= 0.3 is 0 Å². The molecule has 228 valence electrons. The van der Waals surface area contributed by atoms with Crippen LogP contribution in [0.3, 0.4) is 0 Å². The molecule has 0 unspecified atom stereocenters. The lowest BCUT2D eigenvalue weighted by Crippen LogP contribution is -1.93. The number of methoxy groups -OCH3 is 4. The highest BCUT2D eigenvalue weighted by Gasteiger charge is 2.12. The molecule has 0 aliphatic heterocycles. The van der Waals surface area contributed by atoms with Gasteiger partial charge < -0.3 is 18.9 Å². The van der Waals surface area contributed by atoms with Crippen LogP contribution in [-0.2, 0) is 0 Å². The third kappa shape index (κ3) is 6.52. The van der Waals surface area contributed by atoms with Gasteiger partial charge in [-0.15, -0.1) is 0 Å². The van der Waals surface area contributed by atoms with Crippen LogP contribution in [0.2, 0.25) is 0 Å². The highest BCUT2D eigenvalue weighted by Crippen LogP contribution is 2.35. The second kappa shape index (κ2) is 13.9. The average molecular weight is 605 g/mol. The summed E-state index contributed by atoms with van der Waals surface area (Å²) in [6, 6.07) is 45.8. The van der Waals surface area contributed by atoms with Gasteiger partial charge in [0.05, 0.1) is 28.4 Å². The Labute approximate surface area is 270 Å². The van der Waals surface area contributed by atoms with E-state index in [9.17, 15) is 0 Å². The molecule has 6 aromatic carbocycles. The smallest absolute Gasteiger partial charge is 0.118 e. The number of rotatable bonds is 10. The van der Waals surface area contributed by atoms with E-state index in [0.717, 1.165) is 72.9 Å². The molecular formula is C42H36O4. The summed E-state index contributed by atoms with van der Waals surface area (Å²) in [6.45, 7) is 0. The second-order valence-electron chi connectivity index (χ2n) is 10.8. The first-order valence-electron chi connectivity index (χ1n) is 15.1. The molecule has 6 rings (SSSR count). The van der Waals surface area contributed by atoms with Crippen molar-refractivity contribution in [2.45, 2.75) is 0 Å². The van der Waals surface area contributed by atoms with Gasteiger partial charge in [0.1, 0.15) is 23.0 Å². The fourth-order valence-electron chi connectivity index (χ4n) is 5.70. The van der Waals surface area contributed by atoms with Crippen LogP contribution >= 0.6 is 0 Å². The SMILES string of the molecule is COc1ccc(C(=Cc2cccc3cccc(C=C(c4ccc(OC)cc4)c4ccc(OC)cc4)c23)c2ccc(OC)cc2)cc1. The lowest BCUT2D eigenvalue weighted by atomic mass is 9.90. The quantitative estimate of drug-likeness (QED) is 0.146. The van der Waals surface area contributed by atoms with Crippen LogP contribution in [-0.4, -0.2) is 28.4 Å². The maximum atomic E-state index is 5.46. The average Bonchev–Trinajstić information content (AvgIpc) is 3.13. The predicted molar refractivity (Wildman–Crippen MR) is 190 cm³/mol. The van der Waals surface area contributed by atoms with Crippen molar-refractivity contribution in [1.29, 1.82) is 0 Å². The van der Waals surface area contributed by atoms with E-state index < -0.39 is 0 Å². The van der Waals surface area contributed by atoms with Gasteiger partial charge in [0, 0.05) is 0 Å². The molecule has 0 spiro atoms. The molecule has 0 saturated heterocycles. The Balaban J connectivity index is 1.56. The Bertz CT molecular complexity index is 1740. The zero-order valence-electron chi connectivity index (χ0n) is 26.5. The number of benzene rings is 6. The summed E-state index contributed by atoms with van der Waals surface area (Å²) in [5, 5.41) is 2.33. The molecule has 0 heterocycles. The minimum atomic E-state index is 0.819. The van der Waals surface area contributed by atoms with E-state index in [1.54, 1.807) is 28.4 Å². The van der Waals surface area contributed by atoms with Crippen molar-refractivity contribution < 1.29 is 18.9 Å². The van der Waals surface area contributed by atoms with Gasteiger partial charge in [-0.1, -0.05) is 84.9 Å². The van der Waals surface area contributed by atoms with E-state index >= 15 is 0 Å². The third-order valence-electron chi connectivity index (χ3n) is 8.17. The van der Waals surface area contributed by atoms with E-state index in [2.05, 4.69) is 97.1 Å². The molecule has 0 radical (unpaired) electrons. The molecule has 0 fully saturated rings. The number of fused-ring (bicyclic) bond motifs is 1. The summed E-state index contributed by atoms with van der Waals surface area (Å²) < 4.78 is 21.8. The number of hydrogen-bond donors (Lipinski definition) is 0. The van der Waals surface area contributed by atoms with Crippen LogP contribution in [0, 0.1) is 0 Å². The van der Waals surface area contributed by atoms with Crippen molar-refractivity contribution in [3.63, 3.8) is 0 Å². The van der Waals surface area contributed by atoms with Crippen LogP contribution < -0.4 is 18.9 Å². The molecule has 0 aliphatic rings. The van der Waals surface area contributed by atoms with Crippen molar-refractivity contribution >= 4 is 34.1 Å². The van der Waals surface area contributed by atoms with E-state index in [-0.39, 0.29) is 0 Å². The summed E-state index contributed by atoms with van der Waals surface area (Å²) in [4.78, 5) is 0. The molecule has 0 atom stereocenters. The van der Waals surface area contributed by atoms with Crippen LogP contribution in [0.1, 0.15) is 33.4 Å². The maximum absolute atomic E-state index is 5.46. The van der Waals surface area contributed by atoms with Gasteiger partial charge in [-0.05, 0) is 116 Å². The lowest BCUT2D eigenvalue weighted by Gasteiger charge is -2.14. The standard InChI is InChI=1S/C42H36O4/c1-43-36-19-11-29(12-20-36)40(30-13-21-37(44-2)22-14-30)27-34-9-5-7-33-8-6-10-35(42(33)34)28-41(31-15-23-38(45-3)24-16-31)32-17-25-39(46-4)26-18-32/h5-28H,1-4H3. The van der Waals surface area contributed by atoms with E-state index in [4.69, 9.17) is 18.9 Å². The molecule has 46 heavy (non-hydrogen) atoms. The normalized spacial score (nSPS) is 10.6. The van der Waals surface area contributed by atoms with Crippen LogP contribution in [0.15, 0.2) is 133 Å². The molecule has 0 N–H and O–H groups in total. The predicted octanol–water partition coefficient (Wildman–Crippen LogP) is 10.1. The van der Waals surface area contributed by atoms with Crippen molar-refractivity contribution in [1.82, 2.24) is 0 Å². The summed E-state index contributed by atoms with van der Waals surface area (Å²) in [5.41, 5.74) is 8.80. The van der Waals surface area contributed by atoms with Gasteiger partial charge in [-0.3, -0.25) is 0 Å². The summed E-state index contributed by atoms with van der Waals surface area (Å²) >= 11 is 0. The Morgan fingerprint density at radius 3 is 0.913 bits per heavy atom. The summed E-state index contributed by atoms with van der Waals surface area (Å²) in [5.74, 6) is 3.28. The minimum absolute atomic E-state index is 0.819. The Morgan fingerprint density at radius 2 is 0.652 bits per heavy atom. The molecule has 0 saturated carbocycles. The zero-order valence-corrected chi connectivity index (χ0v) is 26.5. The summed E-state index contributed by atoms with van der Waals surface area (Å²) in [7, 11) is 6.75. The van der Waals surface area contributed by atoms with Gasteiger partial charge in [-0.2, -0.15) is 0 Å². The van der Waals surface area contributed by atoms with Crippen LogP contribution in [0.4, 0.5) is 0 Å². The Morgan fingerprint density at radius 1 is 0.370 bits per heavy atom. The third-order valence-corrected chi connectivity index (χ3v) is 8.17. The first-order valence-corrected chi connectivity index (χ1v) is 15.1. The molecule has 4 nitrogen and oxygen atoms in total. The largest absolute Gasteiger partial charge is 0.497 e. The highest BCUT2D eigenvalue weighted by atomic mass is 16.5. The fourth-order valence-corrected chi connectivity index (χ4v) is 5.70. The van der Waals surface area contributed by atoms with E-state index in [1.807, 2.05) is 48.5 Å². The van der Waals surface area contributed by atoms with Crippen molar-refractivity contribution in [2.24, 2.45) is 0 Å². The van der Waals surface area contributed by atoms with Crippen LogP contribution in [0.5, 0.6) is 23.0 Å². The molecule has 0 aromatic heterocycles. The first-order chi connectivity index (χ1) is 22.6. The van der Waals surface area contributed by atoms with Gasteiger partial charge in [0.25, 0.3) is 0 Å². The summed E-state index contributed by atoms with van der Waals surface area (Å²) in [6.07, 6.45) is 4.56. The molecule has 0 aliphatic carbocycles. The second-order valence-corrected chi connectivity index (χ2v) is 10.8. The molecule has 0 amide bonds. The topological polar surface area (TPSA) is 36.9 Å². The van der Waals surface area contributed by atoms with Crippen molar-refractivity contribution in [3.05, 3.63) is 167 Å². The minimum Gasteiger partial charge on any atom is -0.497 e. The molecule has 6 aromatic rings. The van der Waals surface area contributed by atoms with Crippen LogP contribution in [0.25, 0.3) is 34.1 Å². The first kappa shape index (κ1) is 30.3. The number of hydrogen-bond acceptors (Lipinski definition) is 4. The van der Waals surface area contributed by atoms with Gasteiger partial charge in [0.15, 0.2) is 0 Å². The zero-order chi connectivity index (χ0) is 31.9. The maximum Gasteiger partial charge on any atom is 0.118 e. The lowest BCUT2D eigenvalue weighted by molar-refractivity contribution is 0.414. The highest BCUT2D eigenvalue weighted by molar-refractivity contribution is 6.05.